The average molecular weight is 421 g/mol. The Balaban J connectivity index is 1.53. The van der Waals surface area contributed by atoms with E-state index in [1.807, 2.05) is 36.4 Å². The second-order valence-corrected chi connectivity index (χ2v) is 8.65. The summed E-state index contributed by atoms with van der Waals surface area (Å²) in [6.07, 6.45) is 6.93. The lowest BCUT2D eigenvalue weighted by Crippen LogP contribution is -2.30. The van der Waals surface area contributed by atoms with Crippen molar-refractivity contribution in [2.45, 2.75) is 38.5 Å². The van der Waals surface area contributed by atoms with Gasteiger partial charge in [-0.3, -0.25) is 14.8 Å². The fourth-order valence-corrected chi connectivity index (χ4v) is 4.08. The minimum atomic E-state index is -0.569. The Bertz CT molecular complexity index is 895. The molecular formula is C26H32N2O3. The Labute approximate surface area is 184 Å². The van der Waals surface area contributed by atoms with Gasteiger partial charge in [0.25, 0.3) is 5.91 Å². The number of benzene rings is 2. The van der Waals surface area contributed by atoms with Gasteiger partial charge in [0, 0.05) is 18.1 Å². The van der Waals surface area contributed by atoms with Crippen molar-refractivity contribution >= 4 is 17.8 Å². The predicted octanol–water partition coefficient (Wildman–Crippen LogP) is 4.47. The molecule has 31 heavy (non-hydrogen) atoms. The van der Waals surface area contributed by atoms with Crippen LogP contribution in [0.5, 0.6) is 0 Å². The van der Waals surface area contributed by atoms with Crippen molar-refractivity contribution < 1.29 is 14.8 Å². The summed E-state index contributed by atoms with van der Waals surface area (Å²) in [7, 11) is 2.18. The molecule has 1 unspecified atom stereocenters. The van der Waals surface area contributed by atoms with Crippen molar-refractivity contribution in [2.75, 3.05) is 20.1 Å². The number of Topliss-reactive ketones (excluding diaryl/α,β-unsaturated/α-hetero) is 1. The Morgan fingerprint density at radius 2 is 1.74 bits per heavy atom. The van der Waals surface area contributed by atoms with Crippen LogP contribution in [0.4, 0.5) is 0 Å². The maximum Gasteiger partial charge on any atom is 0.267 e. The zero-order valence-corrected chi connectivity index (χ0v) is 18.4. The molecule has 5 heteroatoms. The Kier molecular flexibility index (Phi) is 8.15. The lowest BCUT2D eigenvalue weighted by Gasteiger charge is -2.28. The highest BCUT2D eigenvalue weighted by molar-refractivity contribution is 5.96. The lowest BCUT2D eigenvalue weighted by atomic mass is 9.89. The molecule has 0 bridgehead atoms. The summed E-state index contributed by atoms with van der Waals surface area (Å²) < 4.78 is 0. The lowest BCUT2D eigenvalue weighted by molar-refractivity contribution is -0.124. The number of hydroxylamine groups is 1. The molecule has 2 aromatic rings. The van der Waals surface area contributed by atoms with Crippen LogP contribution < -0.4 is 5.48 Å². The monoisotopic (exact) mass is 420 g/mol. The molecule has 0 aliphatic carbocycles. The van der Waals surface area contributed by atoms with E-state index in [9.17, 15) is 9.59 Å². The largest absolute Gasteiger partial charge is 0.306 e. The smallest absolute Gasteiger partial charge is 0.267 e. The van der Waals surface area contributed by atoms with Crippen molar-refractivity contribution in [1.82, 2.24) is 10.4 Å². The molecule has 1 amide bonds. The van der Waals surface area contributed by atoms with E-state index in [4.69, 9.17) is 5.21 Å². The third-order valence-corrected chi connectivity index (χ3v) is 6.17. The minimum Gasteiger partial charge on any atom is -0.306 e. The number of likely N-dealkylation sites (tertiary alicyclic amines) is 1. The van der Waals surface area contributed by atoms with E-state index < -0.39 is 5.91 Å². The third kappa shape index (κ3) is 6.88. The van der Waals surface area contributed by atoms with Crippen LogP contribution in [-0.4, -0.2) is 41.9 Å². The molecule has 1 aliphatic rings. The highest BCUT2D eigenvalue weighted by Gasteiger charge is 2.17. The fourth-order valence-electron chi connectivity index (χ4n) is 4.08. The molecule has 0 aromatic heterocycles. The van der Waals surface area contributed by atoms with Gasteiger partial charge < -0.3 is 4.90 Å². The quantitative estimate of drug-likeness (QED) is 0.286. The average Bonchev–Trinajstić information content (AvgIpc) is 2.79. The fraction of sp³-hybridized carbons (Fsp3) is 0.385. The molecular weight excluding hydrogens is 388 g/mol. The number of hydrogen-bond donors (Lipinski definition) is 2. The molecule has 1 fully saturated rings. The van der Waals surface area contributed by atoms with Gasteiger partial charge in [-0.15, -0.1) is 0 Å². The summed E-state index contributed by atoms with van der Waals surface area (Å²) in [6.45, 7) is 4.40. The number of carbonyl (C=O) groups excluding carboxylic acids is 2. The molecule has 0 spiro atoms. The first-order valence-electron chi connectivity index (χ1n) is 11.0. The van der Waals surface area contributed by atoms with Crippen LogP contribution in [0.1, 0.15) is 59.2 Å². The summed E-state index contributed by atoms with van der Waals surface area (Å²) >= 11 is 0. The number of nitrogens with one attached hydrogen (secondary N) is 1. The minimum absolute atomic E-state index is 0.102. The van der Waals surface area contributed by atoms with Crippen LogP contribution in [0.15, 0.2) is 54.6 Å². The molecule has 3 rings (SSSR count). The molecule has 1 saturated heterocycles. The van der Waals surface area contributed by atoms with Crippen LogP contribution in [0.3, 0.4) is 0 Å². The predicted molar refractivity (Wildman–Crippen MR) is 123 cm³/mol. The molecule has 164 valence electrons. The van der Waals surface area contributed by atoms with Crippen molar-refractivity contribution in [3.8, 4) is 0 Å². The van der Waals surface area contributed by atoms with E-state index in [0.29, 0.717) is 6.42 Å². The summed E-state index contributed by atoms with van der Waals surface area (Å²) in [5.74, 6) is 0.432. The molecule has 5 nitrogen and oxygen atoms in total. The SMILES string of the molecule is CC(CC(=O)c1ccc(CC2CCN(C)CC2)cc1)c1ccc(/C=C/C(=O)NO)cc1. The Morgan fingerprint density at radius 1 is 1.10 bits per heavy atom. The maximum absolute atomic E-state index is 12.8. The number of carbonyl (C=O) groups is 2. The summed E-state index contributed by atoms with van der Waals surface area (Å²) in [5.41, 5.74) is 5.58. The first kappa shape index (κ1) is 22.9. The van der Waals surface area contributed by atoms with Crippen LogP contribution in [0.25, 0.3) is 6.08 Å². The molecule has 2 N–H and O–H groups in total. The van der Waals surface area contributed by atoms with Crippen LogP contribution in [0.2, 0.25) is 0 Å². The van der Waals surface area contributed by atoms with Crippen molar-refractivity contribution in [3.05, 3.63) is 76.9 Å². The van der Waals surface area contributed by atoms with E-state index in [1.165, 1.54) is 37.6 Å². The van der Waals surface area contributed by atoms with E-state index in [2.05, 4.69) is 31.0 Å². The Morgan fingerprint density at radius 3 is 2.35 bits per heavy atom. The topological polar surface area (TPSA) is 69.6 Å². The van der Waals surface area contributed by atoms with Crippen LogP contribution in [0, 0.1) is 5.92 Å². The maximum atomic E-state index is 12.8. The van der Waals surface area contributed by atoms with Crippen molar-refractivity contribution in [3.63, 3.8) is 0 Å². The number of piperidine rings is 1. The van der Waals surface area contributed by atoms with Gasteiger partial charge in [-0.2, -0.15) is 0 Å². The number of nitrogens with zero attached hydrogens (tertiary/aromatic N) is 1. The standard InChI is InChI=1S/C26H32N2O3/c1-19(23-8-3-20(4-9-23)7-12-26(30)27-31)17-25(29)24-10-5-21(6-11-24)18-22-13-15-28(2)16-14-22/h3-12,19,22,31H,13-18H2,1-2H3,(H,27,30)/b12-7+. The highest BCUT2D eigenvalue weighted by atomic mass is 16.5. The first-order valence-corrected chi connectivity index (χ1v) is 11.0. The van der Waals surface area contributed by atoms with E-state index in [0.717, 1.165) is 29.0 Å². The van der Waals surface area contributed by atoms with Gasteiger partial charge in [-0.05, 0) is 74.0 Å². The number of amides is 1. The molecule has 1 heterocycles. The second kappa shape index (κ2) is 11.0. The van der Waals surface area contributed by atoms with E-state index in [1.54, 1.807) is 11.6 Å². The van der Waals surface area contributed by atoms with Gasteiger partial charge >= 0.3 is 0 Å². The van der Waals surface area contributed by atoms with Gasteiger partial charge in [0.1, 0.15) is 0 Å². The summed E-state index contributed by atoms with van der Waals surface area (Å²) in [5, 5.41) is 8.52. The van der Waals surface area contributed by atoms with Crippen molar-refractivity contribution in [1.29, 1.82) is 0 Å². The van der Waals surface area contributed by atoms with Crippen LogP contribution in [-0.2, 0) is 11.2 Å². The normalized spacial score (nSPS) is 16.4. The second-order valence-electron chi connectivity index (χ2n) is 8.65. The summed E-state index contributed by atoms with van der Waals surface area (Å²) in [6, 6.07) is 15.9. The van der Waals surface area contributed by atoms with E-state index in [-0.39, 0.29) is 11.7 Å². The molecule has 1 atom stereocenters. The molecule has 2 aromatic carbocycles. The number of hydrogen-bond acceptors (Lipinski definition) is 4. The van der Waals surface area contributed by atoms with Gasteiger partial charge in [-0.25, -0.2) is 5.48 Å². The van der Waals surface area contributed by atoms with Gasteiger partial charge in [-0.1, -0.05) is 55.5 Å². The number of ketones is 1. The third-order valence-electron chi connectivity index (χ3n) is 6.17. The first-order chi connectivity index (χ1) is 14.9. The summed E-state index contributed by atoms with van der Waals surface area (Å²) in [4.78, 5) is 26.2. The van der Waals surface area contributed by atoms with Gasteiger partial charge in [0.05, 0.1) is 0 Å². The van der Waals surface area contributed by atoms with Crippen LogP contribution >= 0.6 is 0 Å². The zero-order valence-electron chi connectivity index (χ0n) is 18.4. The zero-order chi connectivity index (χ0) is 22.2. The molecule has 0 saturated carbocycles. The van der Waals surface area contributed by atoms with Gasteiger partial charge in [0.2, 0.25) is 0 Å². The molecule has 1 aliphatic heterocycles. The molecule has 0 radical (unpaired) electrons. The Hall–Kier alpha value is -2.76. The highest BCUT2D eigenvalue weighted by Crippen LogP contribution is 2.24. The number of rotatable bonds is 8. The van der Waals surface area contributed by atoms with E-state index >= 15 is 0 Å². The van der Waals surface area contributed by atoms with Crippen molar-refractivity contribution in [2.24, 2.45) is 5.92 Å². The van der Waals surface area contributed by atoms with Gasteiger partial charge in [0.15, 0.2) is 5.78 Å².